The topological polar surface area (TPSA) is 57.2 Å². The van der Waals surface area contributed by atoms with E-state index in [1.54, 1.807) is 13.8 Å². The first-order chi connectivity index (χ1) is 8.68. The second-order valence-electron chi connectivity index (χ2n) is 4.58. The fourth-order valence-corrected chi connectivity index (χ4v) is 1.32. The lowest BCUT2D eigenvalue weighted by atomic mass is 10.0. The third-order valence-corrected chi connectivity index (χ3v) is 2.82. The Hall–Kier alpha value is -1.50. The molecule has 0 aliphatic rings. The minimum Gasteiger partial charge on any atom is -0.388 e. The Morgan fingerprint density at radius 3 is 2.32 bits per heavy atom. The number of hydrogen-bond acceptors (Lipinski definition) is 4. The van der Waals surface area contributed by atoms with Crippen LogP contribution in [0.4, 0.5) is 24.8 Å². The lowest BCUT2D eigenvalue weighted by molar-refractivity contribution is -0.137. The highest BCUT2D eigenvalue weighted by Gasteiger charge is 2.31. The first-order valence-corrected chi connectivity index (χ1v) is 5.91. The van der Waals surface area contributed by atoms with Crippen LogP contribution in [0.15, 0.2) is 12.1 Å². The van der Waals surface area contributed by atoms with Gasteiger partial charge in [0.05, 0.1) is 11.2 Å². The maximum Gasteiger partial charge on any atom is 0.416 e. The molecule has 7 heteroatoms. The number of nitrogens with zero attached hydrogens (tertiary/aromatic N) is 1. The second kappa shape index (κ2) is 5.64. The van der Waals surface area contributed by atoms with Crippen LogP contribution in [0.25, 0.3) is 0 Å². The molecule has 1 heterocycles. The molecular weight excluding hydrogens is 259 g/mol. The number of hydrogen-bond donors (Lipinski definition) is 3. The molecule has 0 spiro atoms. The molecule has 1 aromatic rings. The average Bonchev–Trinajstić information content (AvgIpc) is 2.35. The van der Waals surface area contributed by atoms with Gasteiger partial charge in [-0.3, -0.25) is 0 Å². The van der Waals surface area contributed by atoms with E-state index in [-0.39, 0.29) is 18.2 Å². The smallest absolute Gasteiger partial charge is 0.388 e. The molecular formula is C12H18F3N3O. The lowest BCUT2D eigenvalue weighted by Crippen LogP contribution is -2.32. The van der Waals surface area contributed by atoms with E-state index < -0.39 is 17.3 Å². The van der Waals surface area contributed by atoms with Crippen molar-refractivity contribution in [2.24, 2.45) is 0 Å². The standard InChI is InChI=1S/C12H18F3N3O/c1-4-11(2,19)7-17-10-6-8(12(13,14)15)5-9(16-3)18-10/h5-6,19H,4,7H2,1-3H3,(H2,16,17,18). The van der Waals surface area contributed by atoms with Crippen molar-refractivity contribution >= 4 is 11.6 Å². The van der Waals surface area contributed by atoms with E-state index in [1.807, 2.05) is 0 Å². The van der Waals surface area contributed by atoms with E-state index in [9.17, 15) is 18.3 Å². The van der Waals surface area contributed by atoms with Crippen LogP contribution >= 0.6 is 0 Å². The summed E-state index contributed by atoms with van der Waals surface area (Å²) in [7, 11) is 1.49. The molecule has 1 rings (SSSR count). The van der Waals surface area contributed by atoms with E-state index in [0.717, 1.165) is 12.1 Å². The quantitative estimate of drug-likeness (QED) is 0.774. The number of alkyl halides is 3. The van der Waals surface area contributed by atoms with Crippen molar-refractivity contribution in [1.82, 2.24) is 4.98 Å². The predicted molar refractivity (Wildman–Crippen MR) is 68.2 cm³/mol. The molecule has 0 fully saturated rings. The zero-order valence-corrected chi connectivity index (χ0v) is 11.1. The first kappa shape index (κ1) is 15.6. The molecule has 0 saturated heterocycles. The Labute approximate surface area is 110 Å². The summed E-state index contributed by atoms with van der Waals surface area (Å²) in [4.78, 5) is 3.97. The summed E-state index contributed by atoms with van der Waals surface area (Å²) < 4.78 is 38.1. The Kier molecular flexibility index (Phi) is 4.62. The van der Waals surface area contributed by atoms with Gasteiger partial charge in [0.15, 0.2) is 0 Å². The molecule has 1 aromatic heterocycles. The third kappa shape index (κ3) is 4.59. The van der Waals surface area contributed by atoms with Gasteiger partial charge in [0.1, 0.15) is 11.6 Å². The van der Waals surface area contributed by atoms with E-state index in [1.165, 1.54) is 7.05 Å². The van der Waals surface area contributed by atoms with Crippen LogP contribution in [0.2, 0.25) is 0 Å². The maximum atomic E-state index is 12.7. The van der Waals surface area contributed by atoms with Crippen molar-refractivity contribution in [1.29, 1.82) is 0 Å². The molecule has 1 atom stereocenters. The van der Waals surface area contributed by atoms with Crippen LogP contribution < -0.4 is 10.6 Å². The second-order valence-corrected chi connectivity index (χ2v) is 4.58. The van der Waals surface area contributed by atoms with Crippen LogP contribution in [0.1, 0.15) is 25.8 Å². The van der Waals surface area contributed by atoms with Gasteiger partial charge in [0, 0.05) is 13.6 Å². The predicted octanol–water partition coefficient (Wildman–Crippen LogP) is 2.72. The zero-order chi connectivity index (χ0) is 14.7. The van der Waals surface area contributed by atoms with Crippen LogP contribution in [-0.4, -0.2) is 29.3 Å². The number of aliphatic hydroxyl groups is 1. The summed E-state index contributed by atoms with van der Waals surface area (Å²) in [6.45, 7) is 3.52. The molecule has 0 aromatic carbocycles. The van der Waals surface area contributed by atoms with Gasteiger partial charge in [-0.2, -0.15) is 13.2 Å². The fraction of sp³-hybridized carbons (Fsp3) is 0.583. The van der Waals surface area contributed by atoms with Gasteiger partial charge < -0.3 is 15.7 Å². The molecule has 108 valence electrons. The Morgan fingerprint density at radius 1 is 1.26 bits per heavy atom. The van der Waals surface area contributed by atoms with Crippen molar-refractivity contribution in [2.45, 2.75) is 32.0 Å². The zero-order valence-electron chi connectivity index (χ0n) is 11.1. The molecule has 0 aliphatic carbocycles. The number of pyridine rings is 1. The SMILES string of the molecule is CCC(C)(O)CNc1cc(C(F)(F)F)cc(NC)n1. The highest BCUT2D eigenvalue weighted by Crippen LogP contribution is 2.32. The molecule has 0 amide bonds. The summed E-state index contributed by atoms with van der Waals surface area (Å²) in [6.07, 6.45) is -3.95. The lowest BCUT2D eigenvalue weighted by Gasteiger charge is -2.22. The largest absolute Gasteiger partial charge is 0.416 e. The normalized spacial score (nSPS) is 14.9. The Balaban J connectivity index is 2.95. The minimum atomic E-state index is -4.43. The van der Waals surface area contributed by atoms with Gasteiger partial charge in [0.25, 0.3) is 0 Å². The van der Waals surface area contributed by atoms with Crippen molar-refractivity contribution < 1.29 is 18.3 Å². The van der Waals surface area contributed by atoms with Crippen molar-refractivity contribution in [2.75, 3.05) is 24.2 Å². The van der Waals surface area contributed by atoms with Crippen molar-refractivity contribution in [3.63, 3.8) is 0 Å². The van der Waals surface area contributed by atoms with Gasteiger partial charge >= 0.3 is 6.18 Å². The van der Waals surface area contributed by atoms with E-state index in [0.29, 0.717) is 6.42 Å². The summed E-state index contributed by atoms with van der Waals surface area (Å²) in [5, 5.41) is 15.1. The third-order valence-electron chi connectivity index (χ3n) is 2.82. The molecule has 19 heavy (non-hydrogen) atoms. The summed E-state index contributed by atoms with van der Waals surface area (Å²) in [5.41, 5.74) is -1.78. The fourth-order valence-electron chi connectivity index (χ4n) is 1.32. The minimum absolute atomic E-state index is 0.0768. The number of rotatable bonds is 5. The average molecular weight is 277 g/mol. The van der Waals surface area contributed by atoms with Crippen LogP contribution in [-0.2, 0) is 6.18 Å². The number of aromatic nitrogens is 1. The Morgan fingerprint density at radius 2 is 1.84 bits per heavy atom. The molecule has 4 nitrogen and oxygen atoms in total. The summed E-state index contributed by atoms with van der Waals surface area (Å²) in [5.74, 6) is 0.196. The molecule has 3 N–H and O–H groups in total. The molecule has 0 radical (unpaired) electrons. The van der Waals surface area contributed by atoms with Gasteiger partial charge in [-0.25, -0.2) is 4.98 Å². The molecule has 0 aliphatic heterocycles. The van der Waals surface area contributed by atoms with Gasteiger partial charge in [-0.15, -0.1) is 0 Å². The Bertz CT molecular complexity index is 433. The van der Waals surface area contributed by atoms with Crippen LogP contribution in [0, 0.1) is 0 Å². The number of anilines is 2. The monoisotopic (exact) mass is 277 g/mol. The van der Waals surface area contributed by atoms with Gasteiger partial charge in [0.2, 0.25) is 0 Å². The molecule has 0 bridgehead atoms. The maximum absolute atomic E-state index is 12.7. The summed E-state index contributed by atoms with van der Waals surface area (Å²) >= 11 is 0. The number of halogens is 3. The summed E-state index contributed by atoms with van der Waals surface area (Å²) in [6, 6.07) is 1.86. The van der Waals surface area contributed by atoms with Crippen molar-refractivity contribution in [3.05, 3.63) is 17.7 Å². The van der Waals surface area contributed by atoms with Gasteiger partial charge in [-0.1, -0.05) is 6.92 Å². The van der Waals surface area contributed by atoms with Crippen LogP contribution in [0.5, 0.6) is 0 Å². The van der Waals surface area contributed by atoms with Crippen LogP contribution in [0.3, 0.4) is 0 Å². The van der Waals surface area contributed by atoms with Gasteiger partial charge in [-0.05, 0) is 25.5 Å². The highest BCUT2D eigenvalue weighted by molar-refractivity contribution is 5.49. The molecule has 1 unspecified atom stereocenters. The van der Waals surface area contributed by atoms with E-state index >= 15 is 0 Å². The molecule has 0 saturated carbocycles. The van der Waals surface area contributed by atoms with E-state index in [2.05, 4.69) is 15.6 Å². The van der Waals surface area contributed by atoms with E-state index in [4.69, 9.17) is 0 Å². The number of nitrogens with one attached hydrogen (secondary N) is 2. The highest BCUT2D eigenvalue weighted by atomic mass is 19.4. The van der Waals surface area contributed by atoms with Crippen molar-refractivity contribution in [3.8, 4) is 0 Å². The first-order valence-electron chi connectivity index (χ1n) is 5.91.